The molecule has 13 heteroatoms. The number of amides is 2. The molecule has 1 saturated heterocycles. The molecule has 13 nitrogen and oxygen atoms in total. The molecule has 1 aliphatic heterocycles. The van der Waals surface area contributed by atoms with Crippen LogP contribution >= 0.6 is 0 Å². The SMILES string of the molecule is COC(=O)[C@]12CCC(C)(C)C[C@H]1C1=CC[C@@H]3[C@@]4(C)CC[C@H](NC(=O)CCCCC(=O)N5CC[C@@]67CC(OC(C)=O)C(OC(C)=O)C(OC)=C6[C@H]5Cc5ccc(OC)c(O)c57)C(C)(C)[C@@H]4CC[C@@]3(C)[C@]1(C)CC2. The Morgan fingerprint density at radius 3 is 2.18 bits per heavy atom. The lowest BCUT2D eigenvalue weighted by Crippen LogP contribution is -2.66. The number of carbonyl (C=O) groups excluding carboxylic acids is 5. The van der Waals surface area contributed by atoms with Gasteiger partial charge in [0.25, 0.3) is 0 Å². The molecular weight excluding hydrogens is 913 g/mol. The van der Waals surface area contributed by atoms with Gasteiger partial charge in [-0.25, -0.2) is 0 Å². The van der Waals surface area contributed by atoms with Crippen LogP contribution in [0.4, 0.5) is 0 Å². The lowest BCUT2D eigenvalue weighted by atomic mass is 9.33. The van der Waals surface area contributed by atoms with Crippen molar-refractivity contribution in [1.29, 1.82) is 0 Å². The highest BCUT2D eigenvalue weighted by Crippen LogP contribution is 2.76. The second-order valence-corrected chi connectivity index (χ2v) is 25.7. The Labute approximate surface area is 428 Å². The van der Waals surface area contributed by atoms with E-state index >= 15 is 0 Å². The second kappa shape index (κ2) is 18.4. The van der Waals surface area contributed by atoms with Crippen LogP contribution < -0.4 is 10.1 Å². The van der Waals surface area contributed by atoms with E-state index < -0.39 is 41.0 Å². The van der Waals surface area contributed by atoms with Gasteiger partial charge in [-0.05, 0) is 146 Å². The molecule has 396 valence electrons. The van der Waals surface area contributed by atoms with Gasteiger partial charge in [-0.15, -0.1) is 0 Å². The van der Waals surface area contributed by atoms with Gasteiger partial charge in [0.1, 0.15) is 11.9 Å². The van der Waals surface area contributed by atoms with E-state index in [-0.39, 0.29) is 75.4 Å². The zero-order valence-electron chi connectivity index (χ0n) is 45.5. The summed E-state index contributed by atoms with van der Waals surface area (Å²) in [5, 5.41) is 15.3. The molecule has 8 aliphatic rings. The van der Waals surface area contributed by atoms with E-state index in [1.54, 1.807) is 18.7 Å². The number of fused-ring (bicyclic) bond motifs is 8. The monoisotopic (exact) mass is 997 g/mol. The molecule has 7 aliphatic carbocycles. The second-order valence-electron chi connectivity index (χ2n) is 25.7. The predicted molar refractivity (Wildman–Crippen MR) is 271 cm³/mol. The molecule has 2 amide bonds. The molecule has 2 N–H and O–H groups in total. The number of phenols is 1. The number of aromatic hydroxyl groups is 1. The number of ether oxygens (including phenoxy) is 5. The number of methoxy groups -OCH3 is 3. The third-order valence-electron chi connectivity index (χ3n) is 21.5. The first-order valence-corrected chi connectivity index (χ1v) is 27.3. The van der Waals surface area contributed by atoms with Gasteiger partial charge in [0.15, 0.2) is 17.6 Å². The first-order valence-electron chi connectivity index (χ1n) is 27.3. The number of phenolic OH excluding ortho intramolecular Hbond substituents is 1. The van der Waals surface area contributed by atoms with Gasteiger partial charge in [-0.2, -0.15) is 0 Å². The van der Waals surface area contributed by atoms with Crippen LogP contribution in [0.15, 0.2) is 35.1 Å². The molecule has 1 aromatic rings. The molecule has 0 spiro atoms. The summed E-state index contributed by atoms with van der Waals surface area (Å²) < 4.78 is 28.9. The summed E-state index contributed by atoms with van der Waals surface area (Å²) in [6.07, 6.45) is 13.6. The van der Waals surface area contributed by atoms with Crippen molar-refractivity contribution in [3.05, 3.63) is 46.2 Å². The van der Waals surface area contributed by atoms with E-state index in [1.165, 1.54) is 28.1 Å². The molecule has 9 rings (SSSR count). The number of hydrogen-bond donors (Lipinski definition) is 2. The van der Waals surface area contributed by atoms with Crippen LogP contribution in [0.1, 0.15) is 176 Å². The number of allylic oxidation sites excluding steroid dienone is 2. The lowest BCUT2D eigenvalue weighted by molar-refractivity contribution is -0.193. The van der Waals surface area contributed by atoms with Gasteiger partial charge in [0.05, 0.1) is 32.8 Å². The van der Waals surface area contributed by atoms with Gasteiger partial charge in [0.2, 0.25) is 11.8 Å². The highest BCUT2D eigenvalue weighted by Gasteiger charge is 2.70. The zero-order chi connectivity index (χ0) is 52.1. The molecule has 4 saturated carbocycles. The highest BCUT2D eigenvalue weighted by molar-refractivity contribution is 5.80. The number of esters is 3. The number of hydrogen-bond acceptors (Lipinski definition) is 11. The summed E-state index contributed by atoms with van der Waals surface area (Å²) in [6.45, 7) is 20.2. The van der Waals surface area contributed by atoms with Gasteiger partial charge in [-0.3, -0.25) is 24.0 Å². The van der Waals surface area contributed by atoms with Crippen LogP contribution in [-0.4, -0.2) is 91.9 Å². The molecule has 0 radical (unpaired) electrons. The van der Waals surface area contributed by atoms with Crippen LogP contribution in [0, 0.1) is 50.2 Å². The van der Waals surface area contributed by atoms with Gasteiger partial charge < -0.3 is 39.0 Å². The maximum absolute atomic E-state index is 14.4. The Balaban J connectivity index is 0.866. The van der Waals surface area contributed by atoms with Crippen LogP contribution in [0.25, 0.3) is 0 Å². The number of piperidine rings is 1. The molecule has 72 heavy (non-hydrogen) atoms. The molecule has 2 unspecified atom stereocenters. The first-order chi connectivity index (χ1) is 33.9. The largest absolute Gasteiger partial charge is 0.504 e. The third-order valence-corrected chi connectivity index (χ3v) is 21.5. The maximum atomic E-state index is 14.4. The van der Waals surface area contributed by atoms with Crippen molar-refractivity contribution in [3.8, 4) is 11.5 Å². The van der Waals surface area contributed by atoms with Crippen molar-refractivity contribution < 1.29 is 52.8 Å². The Hall–Kier alpha value is -4.55. The van der Waals surface area contributed by atoms with Crippen molar-refractivity contribution in [2.75, 3.05) is 27.9 Å². The van der Waals surface area contributed by atoms with Crippen LogP contribution in [0.2, 0.25) is 0 Å². The molecule has 2 bridgehead atoms. The quantitative estimate of drug-likeness (QED) is 0.0938. The number of benzene rings is 1. The summed E-state index contributed by atoms with van der Waals surface area (Å²) in [6, 6.07) is 3.23. The number of rotatable bonds is 11. The molecule has 5 fully saturated rings. The molecule has 0 aromatic heterocycles. The minimum absolute atomic E-state index is 0.00558. The minimum Gasteiger partial charge on any atom is -0.504 e. The van der Waals surface area contributed by atoms with Crippen molar-refractivity contribution in [2.45, 2.75) is 201 Å². The number of nitrogens with one attached hydrogen (secondary N) is 1. The summed E-state index contributed by atoms with van der Waals surface area (Å²) in [5.41, 5.74) is 2.78. The molecule has 1 aromatic carbocycles. The Kier molecular flexibility index (Phi) is 13.4. The van der Waals surface area contributed by atoms with Crippen molar-refractivity contribution in [2.24, 2.45) is 50.2 Å². The van der Waals surface area contributed by atoms with E-state index in [9.17, 15) is 29.1 Å². The first kappa shape index (κ1) is 52.3. The van der Waals surface area contributed by atoms with E-state index in [2.05, 4.69) is 59.9 Å². The average molecular weight is 997 g/mol. The fourth-order valence-corrected chi connectivity index (χ4v) is 17.9. The molecule has 12 atom stereocenters. The summed E-state index contributed by atoms with van der Waals surface area (Å²) in [4.78, 5) is 68.9. The Bertz CT molecular complexity index is 2460. The number of carbonyl (C=O) groups is 5. The smallest absolute Gasteiger partial charge is 0.312 e. The summed E-state index contributed by atoms with van der Waals surface area (Å²) >= 11 is 0. The van der Waals surface area contributed by atoms with E-state index in [0.29, 0.717) is 67.6 Å². The van der Waals surface area contributed by atoms with Crippen LogP contribution in [0.3, 0.4) is 0 Å². The molecule has 1 heterocycles. The van der Waals surface area contributed by atoms with Crippen molar-refractivity contribution in [1.82, 2.24) is 10.2 Å². The summed E-state index contributed by atoms with van der Waals surface area (Å²) in [5.74, 6) is 0.674. The Morgan fingerprint density at radius 1 is 0.792 bits per heavy atom. The van der Waals surface area contributed by atoms with E-state index in [4.69, 9.17) is 23.7 Å². The minimum atomic E-state index is -1.04. The normalized spacial score (nSPS) is 37.9. The lowest BCUT2D eigenvalue weighted by Gasteiger charge is -2.71. The van der Waals surface area contributed by atoms with Crippen molar-refractivity contribution >= 4 is 29.7 Å². The third kappa shape index (κ3) is 7.90. The molecular formula is C59H84N2O11. The van der Waals surface area contributed by atoms with Gasteiger partial charge in [-0.1, -0.05) is 66.2 Å². The highest BCUT2D eigenvalue weighted by atomic mass is 16.6. The van der Waals surface area contributed by atoms with Gasteiger partial charge in [0, 0.05) is 62.2 Å². The maximum Gasteiger partial charge on any atom is 0.312 e. The standard InChI is InChI=1S/C59H84N2O11/c1-34(62)71-41-33-59-29-30-61(39(48(59)51(69-11)50(41)72-35(2)63)31-36-17-19-40(68-10)49(66)47(36)59)46(65)16-14-13-15-45(64)60-44-22-23-55(7)42(54(44,5)6)21-24-57(9)43(55)20-18-37-38-32-53(3,4)25-27-58(38,52(67)70-12)28-26-56(37,57)8/h17-19,38-39,41-44,50,66H,13-16,20-33H2,1-12H3,(H,60,64)/t38-,39+,41?,42-,43+,44-,50?,55-,56+,57+,58-,59-/m0/s1. The topological polar surface area (TPSA) is 167 Å². The predicted octanol–water partition coefficient (Wildman–Crippen LogP) is 9.98. The van der Waals surface area contributed by atoms with Crippen LogP contribution in [-0.2, 0) is 54.8 Å². The fourth-order valence-electron chi connectivity index (χ4n) is 17.9. The average Bonchev–Trinajstić information content (AvgIpc) is 3.30. The number of unbranched alkanes of at least 4 members (excludes halogenated alkanes) is 1. The van der Waals surface area contributed by atoms with Gasteiger partial charge >= 0.3 is 17.9 Å². The Morgan fingerprint density at radius 2 is 1.50 bits per heavy atom. The summed E-state index contributed by atoms with van der Waals surface area (Å²) in [7, 11) is 4.56. The number of nitrogens with zero attached hydrogens (tertiary/aromatic N) is 1. The number of likely N-dealkylation sites (tertiary alicyclic amines) is 1. The zero-order valence-corrected chi connectivity index (χ0v) is 45.5. The fraction of sp³-hybridized carbons (Fsp3) is 0.746. The van der Waals surface area contributed by atoms with E-state index in [0.717, 1.165) is 75.3 Å². The van der Waals surface area contributed by atoms with E-state index in [1.807, 2.05) is 11.0 Å². The van der Waals surface area contributed by atoms with Crippen molar-refractivity contribution in [3.63, 3.8) is 0 Å². The van der Waals surface area contributed by atoms with Crippen LogP contribution in [0.5, 0.6) is 11.5 Å².